The number of hydrogen-bond donors (Lipinski definition) is 0. The summed E-state index contributed by atoms with van der Waals surface area (Å²) in [5.74, 6) is 1.82. The molecule has 0 aliphatic rings. The molecule has 0 aliphatic heterocycles. The second-order valence-corrected chi connectivity index (χ2v) is 11.7. The van der Waals surface area contributed by atoms with Crippen molar-refractivity contribution in [2.45, 2.75) is 206 Å². The molecule has 0 bridgehead atoms. The van der Waals surface area contributed by atoms with E-state index in [1.807, 2.05) is 5.94 Å². The molecule has 0 unspecified atom stereocenters. The minimum Gasteiger partial charge on any atom is -0.234 e. The highest BCUT2D eigenvalue weighted by Gasteiger charge is 1.96. The fourth-order valence-electron chi connectivity index (χ4n) is 5.44. The minimum atomic E-state index is 0.739. The lowest BCUT2D eigenvalue weighted by Gasteiger charge is -2.04. The zero-order valence-corrected chi connectivity index (χ0v) is 25.6. The first-order chi connectivity index (χ1) is 18.4. The van der Waals surface area contributed by atoms with Crippen molar-refractivity contribution in [1.82, 2.24) is 0 Å². The Balaban J connectivity index is 3.04. The highest BCUT2D eigenvalue weighted by atomic mass is 16.1. The maximum Gasteiger partial charge on any atom is 0.120 e. The molecule has 0 amide bonds. The second kappa shape index (κ2) is 35.2. The van der Waals surface area contributed by atoms with E-state index in [-0.39, 0.29) is 0 Å². The summed E-state index contributed by atoms with van der Waals surface area (Å²) in [6, 6.07) is 0. The van der Waals surface area contributed by atoms with Crippen LogP contribution in [-0.4, -0.2) is 5.94 Å². The van der Waals surface area contributed by atoms with Gasteiger partial charge in [-0.25, -0.2) is 4.79 Å². The van der Waals surface area contributed by atoms with E-state index in [4.69, 9.17) is 0 Å². The van der Waals surface area contributed by atoms with Gasteiger partial charge in [-0.15, -0.1) is 0 Å². The van der Waals surface area contributed by atoms with Crippen LogP contribution in [-0.2, 0) is 4.79 Å². The first-order valence-corrected chi connectivity index (χ1v) is 17.3. The van der Waals surface area contributed by atoms with E-state index in [1.165, 1.54) is 186 Å². The molecule has 0 atom stereocenters. The quantitative estimate of drug-likeness (QED) is 0.0493. The summed E-state index contributed by atoms with van der Waals surface area (Å²) in [5, 5.41) is 0. The molecular weight excluding hydrogens is 448 g/mol. The molecule has 0 radical (unpaired) electrons. The molecule has 0 saturated heterocycles. The van der Waals surface area contributed by atoms with E-state index in [0.717, 1.165) is 12.8 Å². The van der Waals surface area contributed by atoms with Crippen molar-refractivity contribution in [3.05, 3.63) is 18.2 Å². The van der Waals surface area contributed by atoms with Crippen LogP contribution in [0.3, 0.4) is 0 Å². The predicted octanol–water partition coefficient (Wildman–Crippen LogP) is 13.0. The van der Waals surface area contributed by atoms with E-state index in [2.05, 4.69) is 19.1 Å². The molecule has 218 valence electrons. The number of carbonyl (C=O) groups excluding carboxylic acids is 1. The third kappa shape index (κ3) is 35.2. The third-order valence-corrected chi connectivity index (χ3v) is 7.98. The normalized spacial score (nSPS) is 11.4. The van der Waals surface area contributed by atoms with Gasteiger partial charge in [0.2, 0.25) is 0 Å². The van der Waals surface area contributed by atoms with Gasteiger partial charge < -0.3 is 0 Å². The predicted molar refractivity (Wildman–Crippen MR) is 168 cm³/mol. The minimum absolute atomic E-state index is 0.739. The third-order valence-electron chi connectivity index (χ3n) is 7.98. The van der Waals surface area contributed by atoms with Crippen molar-refractivity contribution in [1.29, 1.82) is 0 Å². The molecule has 0 N–H and O–H groups in total. The molecule has 0 aliphatic carbocycles. The smallest absolute Gasteiger partial charge is 0.120 e. The van der Waals surface area contributed by atoms with Crippen molar-refractivity contribution < 1.29 is 4.79 Å². The lowest BCUT2D eigenvalue weighted by molar-refractivity contribution is 0.513. The Labute approximate surface area is 234 Å². The van der Waals surface area contributed by atoms with Crippen molar-refractivity contribution in [2.24, 2.45) is 0 Å². The van der Waals surface area contributed by atoms with Gasteiger partial charge in [0.1, 0.15) is 5.94 Å². The summed E-state index contributed by atoms with van der Waals surface area (Å²) in [7, 11) is 0. The van der Waals surface area contributed by atoms with Crippen LogP contribution in [0.25, 0.3) is 0 Å². The summed E-state index contributed by atoms with van der Waals surface area (Å²) >= 11 is 0. The van der Waals surface area contributed by atoms with Crippen LogP contribution in [0.2, 0.25) is 0 Å². The monoisotopic (exact) mass is 517 g/mol. The number of rotatable bonds is 32. The zero-order valence-electron chi connectivity index (χ0n) is 25.6. The second-order valence-electron chi connectivity index (χ2n) is 11.7. The Hall–Kier alpha value is -0.810. The van der Waals surface area contributed by atoms with Crippen molar-refractivity contribution in [3.63, 3.8) is 0 Å². The van der Waals surface area contributed by atoms with Crippen molar-refractivity contribution in [2.75, 3.05) is 0 Å². The Kier molecular flexibility index (Phi) is 34.4. The maximum absolute atomic E-state index is 10.1. The highest BCUT2D eigenvalue weighted by molar-refractivity contribution is 5.45. The lowest BCUT2D eigenvalue weighted by Crippen LogP contribution is -1.85. The average Bonchev–Trinajstić information content (AvgIpc) is 2.91. The van der Waals surface area contributed by atoms with Gasteiger partial charge in [-0.05, 0) is 19.3 Å². The zero-order chi connectivity index (χ0) is 26.7. The molecule has 0 aromatic heterocycles. The maximum atomic E-state index is 10.1. The lowest BCUT2D eigenvalue weighted by atomic mass is 10.0. The van der Waals surface area contributed by atoms with E-state index in [9.17, 15) is 4.79 Å². The van der Waals surface area contributed by atoms with E-state index >= 15 is 0 Å². The van der Waals surface area contributed by atoms with Crippen LogP contribution >= 0.6 is 0 Å². The molecule has 0 spiro atoms. The van der Waals surface area contributed by atoms with Gasteiger partial charge in [0.05, 0.1) is 0 Å². The van der Waals surface area contributed by atoms with Crippen LogP contribution in [0.1, 0.15) is 206 Å². The topological polar surface area (TPSA) is 17.1 Å². The molecule has 1 heteroatoms. The van der Waals surface area contributed by atoms with Gasteiger partial charge in [-0.1, -0.05) is 199 Å². The standard InChI is InChI=1S/C36H68O/c1-2-3-4-5-6-7-8-9-10-11-12-13-14-15-16-17-18-19-20-21-22-23-24-25-26-27-28-29-30-31-32-33-34-35-36-37/h32-33,35H,2-31,34H2,1H3/b33-32+. The Morgan fingerprint density at radius 3 is 0.919 bits per heavy atom. The number of hydrogen-bond acceptors (Lipinski definition) is 1. The first kappa shape index (κ1) is 36.2. The van der Waals surface area contributed by atoms with Crippen LogP contribution in [0.15, 0.2) is 18.2 Å². The Morgan fingerprint density at radius 1 is 0.378 bits per heavy atom. The molecule has 0 fully saturated rings. The van der Waals surface area contributed by atoms with Crippen LogP contribution in [0.5, 0.6) is 0 Å². The molecule has 0 aromatic rings. The molecule has 0 rings (SSSR count). The molecular formula is C36H68O. The van der Waals surface area contributed by atoms with Crippen LogP contribution in [0.4, 0.5) is 0 Å². The molecule has 0 saturated carbocycles. The SMILES string of the molecule is CCCCCCCCCCCCCCCCCCCCCCCCCCCCCCC/C=C/CC=C=O. The molecule has 1 nitrogen and oxygen atoms in total. The Bertz CT molecular complexity index is 473. The van der Waals surface area contributed by atoms with Crippen molar-refractivity contribution >= 4 is 5.94 Å². The fourth-order valence-corrected chi connectivity index (χ4v) is 5.44. The summed E-state index contributed by atoms with van der Waals surface area (Å²) in [6.07, 6.45) is 49.8. The Morgan fingerprint density at radius 2 is 0.649 bits per heavy atom. The largest absolute Gasteiger partial charge is 0.234 e. The van der Waals surface area contributed by atoms with Gasteiger partial charge in [-0.2, -0.15) is 0 Å². The van der Waals surface area contributed by atoms with Gasteiger partial charge >= 0.3 is 0 Å². The van der Waals surface area contributed by atoms with Crippen LogP contribution in [0, 0.1) is 0 Å². The highest BCUT2D eigenvalue weighted by Crippen LogP contribution is 2.16. The molecule has 0 heterocycles. The summed E-state index contributed by atoms with van der Waals surface area (Å²) in [6.45, 7) is 2.30. The van der Waals surface area contributed by atoms with Gasteiger partial charge in [0, 0.05) is 6.08 Å². The van der Waals surface area contributed by atoms with Gasteiger partial charge in [0.15, 0.2) is 0 Å². The number of allylic oxidation sites excluding steroid dienone is 3. The molecule has 37 heavy (non-hydrogen) atoms. The van der Waals surface area contributed by atoms with E-state index < -0.39 is 0 Å². The molecule has 0 aromatic carbocycles. The summed E-state index contributed by atoms with van der Waals surface area (Å²) in [4.78, 5) is 10.1. The van der Waals surface area contributed by atoms with E-state index in [0.29, 0.717) is 0 Å². The summed E-state index contributed by atoms with van der Waals surface area (Å²) in [5.41, 5.74) is 0. The van der Waals surface area contributed by atoms with Crippen LogP contribution < -0.4 is 0 Å². The van der Waals surface area contributed by atoms with E-state index in [1.54, 1.807) is 6.08 Å². The first-order valence-electron chi connectivity index (χ1n) is 17.3. The van der Waals surface area contributed by atoms with Gasteiger partial charge in [-0.3, -0.25) is 0 Å². The number of unbranched alkanes of at least 4 members (excludes halogenated alkanes) is 29. The fraction of sp³-hybridized carbons (Fsp3) is 0.889. The summed E-state index contributed by atoms with van der Waals surface area (Å²) < 4.78 is 0. The van der Waals surface area contributed by atoms with Gasteiger partial charge in [0.25, 0.3) is 0 Å². The van der Waals surface area contributed by atoms with Crippen molar-refractivity contribution in [3.8, 4) is 0 Å². The average molecular weight is 517 g/mol.